The predicted octanol–water partition coefficient (Wildman–Crippen LogP) is 5.11. The molecular formula is C25H39NO4Si2. The molecule has 7 heteroatoms. The van der Waals surface area contributed by atoms with Crippen LogP contribution in [0.3, 0.4) is 0 Å². The second-order valence-electron chi connectivity index (χ2n) is 11.1. The number of carbonyl (C=O) groups excluding carboxylic acids is 2. The average molecular weight is 474 g/mol. The zero-order chi connectivity index (χ0) is 24.3. The number of rotatable bonds is 8. The highest BCUT2D eigenvalue weighted by Gasteiger charge is 2.47. The Balaban J connectivity index is 2.40. The van der Waals surface area contributed by atoms with E-state index in [1.54, 1.807) is 6.08 Å². The first-order valence-corrected chi connectivity index (χ1v) is 17.7. The molecule has 1 aliphatic rings. The third kappa shape index (κ3) is 6.53. The second kappa shape index (κ2) is 9.89. The van der Waals surface area contributed by atoms with Crippen molar-refractivity contribution < 1.29 is 18.8 Å². The molecule has 3 atom stereocenters. The van der Waals surface area contributed by atoms with E-state index in [-0.39, 0.29) is 24.0 Å². The lowest BCUT2D eigenvalue weighted by Crippen LogP contribution is -2.51. The molecular weight excluding hydrogens is 434 g/mol. The molecule has 1 fully saturated rings. The van der Waals surface area contributed by atoms with Crippen molar-refractivity contribution in [3.8, 4) is 0 Å². The van der Waals surface area contributed by atoms with E-state index in [2.05, 4.69) is 69.3 Å². The van der Waals surface area contributed by atoms with Crippen LogP contribution in [0.5, 0.6) is 0 Å². The number of ether oxygens (including phenoxy) is 1. The normalized spacial score (nSPS) is 19.7. The first kappa shape index (κ1) is 26.3. The van der Waals surface area contributed by atoms with Crippen molar-refractivity contribution in [2.75, 3.05) is 6.61 Å². The molecule has 0 unspecified atom stereocenters. The summed E-state index contributed by atoms with van der Waals surface area (Å²) < 4.78 is 11.7. The summed E-state index contributed by atoms with van der Waals surface area (Å²) in [7, 11) is -3.90. The minimum absolute atomic E-state index is 0.210. The number of benzene rings is 1. The molecule has 5 nitrogen and oxygen atoms in total. The number of nitrogens with zero attached hydrogens (tertiary/aromatic N) is 1. The minimum Gasteiger partial charge on any atom is -0.447 e. The summed E-state index contributed by atoms with van der Waals surface area (Å²) in [6.45, 7) is 21.0. The highest BCUT2D eigenvalue weighted by molar-refractivity contribution is 6.93. The Morgan fingerprint density at radius 2 is 1.78 bits per heavy atom. The van der Waals surface area contributed by atoms with Gasteiger partial charge in [0.05, 0.1) is 18.1 Å². The minimum atomic E-state index is -2.00. The molecule has 2 amide bonds. The summed E-state index contributed by atoms with van der Waals surface area (Å²) in [5, 5.41) is 1.31. The van der Waals surface area contributed by atoms with Gasteiger partial charge in [0.1, 0.15) is 14.7 Å². The number of carbonyl (C=O) groups is 2. The largest absolute Gasteiger partial charge is 0.447 e. The van der Waals surface area contributed by atoms with Crippen LogP contribution < -0.4 is 5.19 Å². The highest BCUT2D eigenvalue weighted by Crippen LogP contribution is 2.32. The highest BCUT2D eigenvalue weighted by atomic mass is 28.4. The van der Waals surface area contributed by atoms with Gasteiger partial charge in [0.2, 0.25) is 5.91 Å². The predicted molar refractivity (Wildman–Crippen MR) is 136 cm³/mol. The number of hydrogen-bond donors (Lipinski definition) is 0. The van der Waals surface area contributed by atoms with Crippen LogP contribution in [0.25, 0.3) is 0 Å². The third-order valence-electron chi connectivity index (χ3n) is 5.71. The van der Waals surface area contributed by atoms with Gasteiger partial charge in [-0.25, -0.2) is 9.69 Å². The van der Waals surface area contributed by atoms with Crippen LogP contribution in [0, 0.1) is 11.3 Å². The van der Waals surface area contributed by atoms with E-state index >= 15 is 0 Å². The Morgan fingerprint density at radius 1 is 1.19 bits per heavy atom. The van der Waals surface area contributed by atoms with Gasteiger partial charge >= 0.3 is 6.09 Å². The van der Waals surface area contributed by atoms with Crippen molar-refractivity contribution in [2.24, 2.45) is 11.3 Å². The fourth-order valence-electron chi connectivity index (χ4n) is 3.78. The van der Waals surface area contributed by atoms with E-state index in [0.29, 0.717) is 0 Å². The zero-order valence-corrected chi connectivity index (χ0v) is 22.8. The quantitative estimate of drug-likeness (QED) is 0.389. The maximum atomic E-state index is 13.6. The smallest absolute Gasteiger partial charge is 0.417 e. The Kier molecular flexibility index (Phi) is 8.12. The fraction of sp³-hybridized carbons (Fsp3) is 0.520. The van der Waals surface area contributed by atoms with E-state index in [9.17, 15) is 9.59 Å². The summed E-state index contributed by atoms with van der Waals surface area (Å²) in [5.74, 6) is -0.983. The van der Waals surface area contributed by atoms with Crippen molar-refractivity contribution in [2.45, 2.75) is 65.7 Å². The topological polar surface area (TPSA) is 55.8 Å². The van der Waals surface area contributed by atoms with Gasteiger partial charge in [0.25, 0.3) is 0 Å². The number of cyclic esters (lactones) is 1. The lowest BCUT2D eigenvalue weighted by Gasteiger charge is -2.35. The van der Waals surface area contributed by atoms with Crippen molar-refractivity contribution >= 4 is 33.6 Å². The molecule has 0 spiro atoms. The van der Waals surface area contributed by atoms with E-state index in [4.69, 9.17) is 9.16 Å². The Hall–Kier alpha value is -1.97. The first-order valence-electron chi connectivity index (χ1n) is 11.2. The summed E-state index contributed by atoms with van der Waals surface area (Å²) in [4.78, 5) is 27.4. The monoisotopic (exact) mass is 473 g/mol. The molecule has 0 bridgehead atoms. The SMILES string of the molecule is C=C[C@H](C(=O)N1C(=O)OC[C@@H]1C(C)(C)C)[C@@H](/C=C/[Si](C)(C)c1ccccc1)O[Si](C)(C)C. The van der Waals surface area contributed by atoms with Gasteiger partial charge in [0.15, 0.2) is 8.32 Å². The Labute approximate surface area is 195 Å². The zero-order valence-electron chi connectivity index (χ0n) is 20.8. The molecule has 0 radical (unpaired) electrons. The maximum absolute atomic E-state index is 13.6. The number of hydrogen-bond acceptors (Lipinski definition) is 4. The van der Waals surface area contributed by atoms with E-state index in [1.807, 2.05) is 32.9 Å². The standard InChI is InChI=1S/C25H39NO4Si2/c1-10-20(23(27)26-22(25(2,3)4)18-29-24(26)28)21(30-31(5,6)7)16-17-32(8,9)19-14-12-11-13-15-19/h10-17,20-22H,1,18H2,2-9H3/b17-16+/t20-,21+,22+/m0/s1. The van der Waals surface area contributed by atoms with E-state index in [1.165, 1.54) is 10.1 Å². The molecule has 1 aliphatic heterocycles. The van der Waals surface area contributed by atoms with Gasteiger partial charge in [0, 0.05) is 0 Å². The molecule has 0 N–H and O–H groups in total. The molecule has 1 aromatic rings. The molecule has 0 aliphatic carbocycles. The summed E-state index contributed by atoms with van der Waals surface area (Å²) >= 11 is 0. The van der Waals surface area contributed by atoms with Gasteiger partial charge in [-0.2, -0.15) is 0 Å². The molecule has 1 aromatic carbocycles. The molecule has 0 saturated carbocycles. The molecule has 176 valence electrons. The molecule has 1 saturated heterocycles. The van der Waals surface area contributed by atoms with Crippen molar-refractivity contribution in [3.05, 3.63) is 54.8 Å². The Bertz CT molecular complexity index is 853. The average Bonchev–Trinajstić information content (AvgIpc) is 3.08. The van der Waals surface area contributed by atoms with Crippen LogP contribution in [0.15, 0.2) is 54.8 Å². The van der Waals surface area contributed by atoms with E-state index < -0.39 is 34.5 Å². The summed E-state index contributed by atoms with van der Waals surface area (Å²) in [6.07, 6.45) is 2.56. The van der Waals surface area contributed by atoms with Crippen LogP contribution in [0.2, 0.25) is 32.7 Å². The van der Waals surface area contributed by atoms with Crippen molar-refractivity contribution in [1.82, 2.24) is 4.90 Å². The van der Waals surface area contributed by atoms with Gasteiger partial charge in [-0.05, 0) is 25.1 Å². The molecule has 0 aromatic heterocycles. The fourth-order valence-corrected chi connectivity index (χ4v) is 6.73. The van der Waals surface area contributed by atoms with Crippen molar-refractivity contribution in [1.29, 1.82) is 0 Å². The first-order chi connectivity index (χ1) is 14.7. The van der Waals surface area contributed by atoms with Gasteiger partial charge in [-0.1, -0.05) is 87.2 Å². The molecule has 32 heavy (non-hydrogen) atoms. The lowest BCUT2D eigenvalue weighted by molar-refractivity contribution is -0.135. The third-order valence-corrected chi connectivity index (χ3v) is 9.54. The molecule has 2 rings (SSSR count). The van der Waals surface area contributed by atoms with Crippen LogP contribution in [0.4, 0.5) is 4.79 Å². The van der Waals surface area contributed by atoms with Gasteiger partial charge < -0.3 is 9.16 Å². The molecule has 1 heterocycles. The second-order valence-corrected chi connectivity index (χ2v) is 19.9. The van der Waals surface area contributed by atoms with Gasteiger partial charge in [-0.15, -0.1) is 6.58 Å². The lowest BCUT2D eigenvalue weighted by atomic mass is 9.86. The van der Waals surface area contributed by atoms with Crippen LogP contribution >= 0.6 is 0 Å². The number of imide groups is 1. The maximum Gasteiger partial charge on any atom is 0.417 e. The summed E-state index contributed by atoms with van der Waals surface area (Å²) in [6, 6.07) is 10.1. The number of amides is 2. The van der Waals surface area contributed by atoms with Crippen molar-refractivity contribution in [3.63, 3.8) is 0 Å². The Morgan fingerprint density at radius 3 is 2.28 bits per heavy atom. The van der Waals surface area contributed by atoms with Crippen LogP contribution in [-0.4, -0.2) is 52.0 Å². The van der Waals surface area contributed by atoms with Gasteiger partial charge in [-0.3, -0.25) is 4.79 Å². The van der Waals surface area contributed by atoms with E-state index in [0.717, 1.165) is 0 Å². The summed E-state index contributed by atoms with van der Waals surface area (Å²) in [5.41, 5.74) is 1.93. The van der Waals surface area contributed by atoms with Crippen LogP contribution in [-0.2, 0) is 14.0 Å². The van der Waals surface area contributed by atoms with Crippen LogP contribution in [0.1, 0.15) is 20.8 Å².